The minimum absolute atomic E-state index is 0.0330. The monoisotopic (exact) mass is 342 g/mol. The van der Waals surface area contributed by atoms with Crippen LogP contribution in [0.3, 0.4) is 0 Å². The van der Waals surface area contributed by atoms with Gasteiger partial charge in [0.15, 0.2) is 0 Å². The second kappa shape index (κ2) is 6.62. The summed E-state index contributed by atoms with van der Waals surface area (Å²) in [6, 6.07) is 4.45. The van der Waals surface area contributed by atoms with Crippen LogP contribution < -0.4 is 9.64 Å². The molecule has 1 aliphatic heterocycles. The highest BCUT2D eigenvalue weighted by Gasteiger charge is 2.32. The first kappa shape index (κ1) is 18.0. The summed E-state index contributed by atoms with van der Waals surface area (Å²) in [4.78, 5) is 26.4. The Hall–Kier alpha value is -2.38. The molecule has 1 aromatic carbocycles. The highest BCUT2D eigenvalue weighted by atomic mass is 19.3. The minimum atomic E-state index is -2.95. The van der Waals surface area contributed by atoms with Crippen LogP contribution in [0.1, 0.15) is 26.3 Å². The van der Waals surface area contributed by atoms with Gasteiger partial charge in [0.1, 0.15) is 12.3 Å². The second-order valence-corrected chi connectivity index (χ2v) is 6.50. The summed E-state index contributed by atoms with van der Waals surface area (Å²) in [6.45, 7) is 2.21. The van der Waals surface area contributed by atoms with Crippen molar-refractivity contribution in [1.82, 2.24) is 4.90 Å². The Kier molecular flexibility index (Phi) is 4.96. The van der Waals surface area contributed by atoms with Gasteiger partial charge in [0.25, 0.3) is 0 Å². The molecule has 8 heteroatoms. The van der Waals surface area contributed by atoms with Gasteiger partial charge >= 0.3 is 12.7 Å². The minimum Gasteiger partial charge on any atom is -0.465 e. The fraction of sp³-hybridized carbons (Fsp3) is 0.500. The number of anilines is 1. The lowest BCUT2D eigenvalue weighted by Gasteiger charge is -2.33. The van der Waals surface area contributed by atoms with E-state index in [2.05, 4.69) is 4.74 Å². The molecule has 132 valence electrons. The Balaban J connectivity index is 2.20. The molecule has 0 radical (unpaired) electrons. The van der Waals surface area contributed by atoms with Crippen molar-refractivity contribution in [2.45, 2.75) is 39.3 Å². The molecule has 0 aliphatic carbocycles. The van der Waals surface area contributed by atoms with Crippen LogP contribution in [-0.4, -0.2) is 47.2 Å². The lowest BCUT2D eigenvalue weighted by atomic mass is 10.1. The van der Waals surface area contributed by atoms with E-state index in [1.54, 1.807) is 26.8 Å². The van der Waals surface area contributed by atoms with E-state index >= 15 is 0 Å². The number of benzene rings is 1. The number of carbonyl (C=O) groups excluding carboxylic acids is 1. The van der Waals surface area contributed by atoms with E-state index in [0.717, 1.165) is 10.5 Å². The van der Waals surface area contributed by atoms with E-state index < -0.39 is 24.2 Å². The number of amides is 2. The van der Waals surface area contributed by atoms with Gasteiger partial charge in [0.05, 0.1) is 5.69 Å². The summed E-state index contributed by atoms with van der Waals surface area (Å²) >= 11 is 0. The van der Waals surface area contributed by atoms with Crippen LogP contribution in [0.15, 0.2) is 18.2 Å². The number of carboxylic acid groups (broad SMARTS) is 1. The third-order valence-electron chi connectivity index (χ3n) is 3.81. The molecule has 0 atom stereocenters. The van der Waals surface area contributed by atoms with E-state index in [1.807, 2.05) is 0 Å². The summed E-state index contributed by atoms with van der Waals surface area (Å²) in [5, 5.41) is 9.29. The zero-order chi connectivity index (χ0) is 18.1. The molecule has 0 unspecified atom stereocenters. The van der Waals surface area contributed by atoms with Crippen molar-refractivity contribution >= 4 is 17.7 Å². The number of rotatable bonds is 4. The molecule has 0 spiro atoms. The SMILES string of the molecule is CC(C)(C)N(CC(=O)N1CCc2ccc(OC(F)F)cc21)C(=O)O. The van der Waals surface area contributed by atoms with Gasteiger partial charge < -0.3 is 14.7 Å². The Morgan fingerprint density at radius 2 is 2.04 bits per heavy atom. The number of hydrogen-bond donors (Lipinski definition) is 1. The molecule has 1 heterocycles. The maximum Gasteiger partial charge on any atom is 0.408 e. The van der Waals surface area contributed by atoms with Crippen LogP contribution in [0.4, 0.5) is 19.3 Å². The van der Waals surface area contributed by atoms with E-state index in [9.17, 15) is 23.5 Å². The maximum absolute atomic E-state index is 12.5. The van der Waals surface area contributed by atoms with Crippen molar-refractivity contribution in [3.05, 3.63) is 23.8 Å². The Morgan fingerprint density at radius 1 is 1.38 bits per heavy atom. The van der Waals surface area contributed by atoms with E-state index in [-0.39, 0.29) is 12.3 Å². The van der Waals surface area contributed by atoms with Gasteiger partial charge in [-0.15, -0.1) is 0 Å². The van der Waals surface area contributed by atoms with Gasteiger partial charge in [0.2, 0.25) is 5.91 Å². The lowest BCUT2D eigenvalue weighted by Crippen LogP contribution is -2.50. The summed E-state index contributed by atoms with van der Waals surface area (Å²) in [7, 11) is 0. The van der Waals surface area contributed by atoms with Gasteiger partial charge in [-0.1, -0.05) is 6.07 Å². The summed E-state index contributed by atoms with van der Waals surface area (Å²) in [5.41, 5.74) is 0.588. The summed E-state index contributed by atoms with van der Waals surface area (Å²) in [6.07, 6.45) is -0.608. The topological polar surface area (TPSA) is 70.1 Å². The molecule has 0 bridgehead atoms. The standard InChI is InChI=1S/C16H20F2N2O4/c1-16(2,3)20(15(22)23)9-13(21)19-7-6-10-4-5-11(8-12(10)19)24-14(17)18/h4-5,8,14H,6-7,9H2,1-3H3,(H,22,23). The average molecular weight is 342 g/mol. The highest BCUT2D eigenvalue weighted by Crippen LogP contribution is 2.32. The van der Waals surface area contributed by atoms with Crippen molar-refractivity contribution < 1.29 is 28.2 Å². The molecule has 0 fully saturated rings. The predicted octanol–water partition coefficient (Wildman–Crippen LogP) is 2.96. The molecule has 0 aromatic heterocycles. The van der Waals surface area contributed by atoms with Crippen molar-refractivity contribution in [3.63, 3.8) is 0 Å². The van der Waals surface area contributed by atoms with E-state index in [1.165, 1.54) is 17.0 Å². The number of carbonyl (C=O) groups is 2. The Bertz CT molecular complexity index is 643. The van der Waals surface area contributed by atoms with E-state index in [4.69, 9.17) is 0 Å². The van der Waals surface area contributed by atoms with Gasteiger partial charge in [0, 0.05) is 18.2 Å². The molecule has 6 nitrogen and oxygen atoms in total. The zero-order valence-corrected chi connectivity index (χ0v) is 13.8. The fourth-order valence-corrected chi connectivity index (χ4v) is 2.61. The lowest BCUT2D eigenvalue weighted by molar-refractivity contribution is -0.120. The van der Waals surface area contributed by atoms with Crippen LogP contribution in [0, 0.1) is 0 Å². The van der Waals surface area contributed by atoms with Crippen LogP contribution >= 0.6 is 0 Å². The number of halogens is 2. The largest absolute Gasteiger partial charge is 0.465 e. The van der Waals surface area contributed by atoms with Crippen LogP contribution in [0.5, 0.6) is 5.75 Å². The molecule has 24 heavy (non-hydrogen) atoms. The Morgan fingerprint density at radius 3 is 2.58 bits per heavy atom. The van der Waals surface area contributed by atoms with Crippen molar-refractivity contribution in [1.29, 1.82) is 0 Å². The van der Waals surface area contributed by atoms with Gasteiger partial charge in [-0.05, 0) is 38.8 Å². The van der Waals surface area contributed by atoms with Crippen molar-refractivity contribution in [2.24, 2.45) is 0 Å². The zero-order valence-electron chi connectivity index (χ0n) is 13.8. The molecule has 1 aromatic rings. The number of hydrogen-bond acceptors (Lipinski definition) is 3. The third kappa shape index (κ3) is 3.93. The molecule has 2 amide bonds. The second-order valence-electron chi connectivity index (χ2n) is 6.50. The van der Waals surface area contributed by atoms with Crippen LogP contribution in [0.2, 0.25) is 0 Å². The smallest absolute Gasteiger partial charge is 0.408 e. The van der Waals surface area contributed by atoms with Crippen LogP contribution in [0.25, 0.3) is 0 Å². The Labute approximate surface area is 138 Å². The van der Waals surface area contributed by atoms with Crippen molar-refractivity contribution in [2.75, 3.05) is 18.0 Å². The fourth-order valence-electron chi connectivity index (χ4n) is 2.61. The first-order chi connectivity index (χ1) is 11.1. The van der Waals surface area contributed by atoms with Crippen LogP contribution in [-0.2, 0) is 11.2 Å². The molecule has 0 saturated carbocycles. The van der Waals surface area contributed by atoms with Gasteiger partial charge in [-0.3, -0.25) is 9.69 Å². The summed E-state index contributed by atoms with van der Waals surface area (Å²) < 4.78 is 29.1. The summed E-state index contributed by atoms with van der Waals surface area (Å²) in [5.74, 6) is -0.436. The normalized spacial score (nSPS) is 13.8. The predicted molar refractivity (Wildman–Crippen MR) is 83.6 cm³/mol. The van der Waals surface area contributed by atoms with Gasteiger partial charge in [-0.25, -0.2) is 4.79 Å². The van der Waals surface area contributed by atoms with Gasteiger partial charge in [-0.2, -0.15) is 8.78 Å². The number of fused-ring (bicyclic) bond motifs is 1. The average Bonchev–Trinajstić information content (AvgIpc) is 2.85. The molecular weight excluding hydrogens is 322 g/mol. The van der Waals surface area contributed by atoms with E-state index in [0.29, 0.717) is 18.7 Å². The highest BCUT2D eigenvalue weighted by molar-refractivity contribution is 5.98. The molecular formula is C16H20F2N2O4. The maximum atomic E-state index is 12.5. The number of nitrogens with zero attached hydrogens (tertiary/aromatic N) is 2. The molecule has 1 N–H and O–H groups in total. The number of alkyl halides is 2. The number of ether oxygens (including phenoxy) is 1. The molecule has 0 saturated heterocycles. The first-order valence-corrected chi connectivity index (χ1v) is 7.48. The van der Waals surface area contributed by atoms with Crippen molar-refractivity contribution in [3.8, 4) is 5.75 Å². The third-order valence-corrected chi connectivity index (χ3v) is 3.81. The first-order valence-electron chi connectivity index (χ1n) is 7.48. The molecule has 2 rings (SSSR count). The quantitative estimate of drug-likeness (QED) is 0.913. The molecule has 1 aliphatic rings.